The second-order valence-electron chi connectivity index (χ2n) is 7.10. The van der Waals surface area contributed by atoms with Crippen molar-refractivity contribution in [1.82, 2.24) is 4.31 Å². The highest BCUT2D eigenvalue weighted by atomic mass is 79.9. The number of rotatable bonds is 7. The maximum Gasteiger partial charge on any atom is 0.379 e. The van der Waals surface area contributed by atoms with E-state index < -0.39 is 38.8 Å². The normalized spacial score (nSPS) is 25.0. The number of fused-ring (bicyclic) bond motifs is 1. The molecule has 9 heteroatoms. The second kappa shape index (κ2) is 8.36. The summed E-state index contributed by atoms with van der Waals surface area (Å²) in [6.07, 6.45) is 0.531. The van der Waals surface area contributed by atoms with Crippen molar-refractivity contribution >= 4 is 32.9 Å². The summed E-state index contributed by atoms with van der Waals surface area (Å²) in [4.78, 5) is 11.4. The Hall–Kier alpha value is -1.06. The summed E-state index contributed by atoms with van der Waals surface area (Å²) in [5.74, 6) is -5.09. The maximum atomic E-state index is 15.9. The lowest BCUT2D eigenvalue weighted by Crippen LogP contribution is -2.77. The molecule has 1 unspecified atom stereocenters. The van der Waals surface area contributed by atoms with Crippen LogP contribution in [0.3, 0.4) is 0 Å². The average molecular weight is 482 g/mol. The molecule has 1 heterocycles. The van der Waals surface area contributed by atoms with E-state index in [1.54, 1.807) is 24.3 Å². The summed E-state index contributed by atoms with van der Waals surface area (Å²) in [6, 6.07) is 6.77. The van der Waals surface area contributed by atoms with E-state index in [0.717, 1.165) is 4.31 Å². The highest BCUT2D eigenvalue weighted by Crippen LogP contribution is 2.59. The van der Waals surface area contributed by atoms with Crippen molar-refractivity contribution < 1.29 is 27.3 Å². The van der Waals surface area contributed by atoms with Gasteiger partial charge in [-0.1, -0.05) is 41.1 Å². The summed E-state index contributed by atoms with van der Waals surface area (Å²) in [6.45, 7) is 6.03. The third-order valence-electron chi connectivity index (χ3n) is 5.03. The summed E-state index contributed by atoms with van der Waals surface area (Å²) in [7, 11) is -0.438. The zero-order chi connectivity index (χ0) is 21.3. The van der Waals surface area contributed by atoms with Gasteiger partial charge in [0.05, 0.1) is 22.4 Å². The number of carbonyl (C=O) groups is 1. The minimum Gasteiger partial charge on any atom is -0.485 e. The summed E-state index contributed by atoms with van der Waals surface area (Å²) in [5, 5.41) is 0. The first-order valence-corrected chi connectivity index (χ1v) is 11.3. The first-order valence-electron chi connectivity index (χ1n) is 9.08. The van der Waals surface area contributed by atoms with Gasteiger partial charge in [-0.2, -0.15) is 8.78 Å². The first kappa shape index (κ1) is 23.2. The molecule has 28 heavy (non-hydrogen) atoms. The van der Waals surface area contributed by atoms with Crippen LogP contribution in [0.25, 0.3) is 0 Å². The molecular formula is C19H26BrF2NO4S. The number of ether oxygens (including phenoxy) is 2. The third-order valence-corrected chi connectivity index (χ3v) is 7.85. The Kier molecular flexibility index (Phi) is 6.93. The molecule has 1 aliphatic heterocycles. The molecule has 1 aromatic carbocycles. The smallest absolute Gasteiger partial charge is 0.379 e. The van der Waals surface area contributed by atoms with Crippen LogP contribution < -0.4 is 4.74 Å². The molecule has 2 rings (SSSR count). The van der Waals surface area contributed by atoms with Crippen LogP contribution in [0.1, 0.15) is 44.5 Å². The number of nitrogens with zero attached hydrogens (tertiary/aromatic N) is 1. The van der Waals surface area contributed by atoms with Crippen LogP contribution in [-0.4, -0.2) is 51.0 Å². The Morgan fingerprint density at radius 3 is 2.54 bits per heavy atom. The molecule has 1 aliphatic rings. The molecule has 0 saturated carbocycles. The van der Waals surface area contributed by atoms with Crippen molar-refractivity contribution in [2.75, 3.05) is 19.4 Å². The molecule has 0 aromatic heterocycles. The lowest BCUT2D eigenvalue weighted by molar-refractivity contribution is -0.218. The number of likely N-dealkylation sites (N-methyl/N-ethyl adjacent to an activating group) is 1. The molecule has 0 aliphatic carbocycles. The van der Waals surface area contributed by atoms with Gasteiger partial charge in [0.15, 0.2) is 5.54 Å². The van der Waals surface area contributed by atoms with Crippen molar-refractivity contribution in [2.45, 2.75) is 56.0 Å². The van der Waals surface area contributed by atoms with Crippen LogP contribution in [0.15, 0.2) is 24.3 Å². The van der Waals surface area contributed by atoms with Crippen LogP contribution in [0, 0.1) is 0 Å². The van der Waals surface area contributed by atoms with E-state index in [-0.39, 0.29) is 12.4 Å². The largest absolute Gasteiger partial charge is 0.485 e. The Balaban J connectivity index is 2.80. The third kappa shape index (κ3) is 3.39. The van der Waals surface area contributed by atoms with Gasteiger partial charge in [0.25, 0.3) is 0 Å². The quantitative estimate of drug-likeness (QED) is 0.431. The molecule has 0 spiro atoms. The Morgan fingerprint density at radius 1 is 1.36 bits per heavy atom. The van der Waals surface area contributed by atoms with Gasteiger partial charge in [-0.05, 0) is 33.3 Å². The molecule has 0 N–H and O–H groups in total. The van der Waals surface area contributed by atoms with Crippen LogP contribution in [0.4, 0.5) is 8.78 Å². The summed E-state index contributed by atoms with van der Waals surface area (Å²) in [5.41, 5.74) is -3.45. The van der Waals surface area contributed by atoms with E-state index in [1.807, 2.05) is 6.92 Å². The average Bonchev–Trinajstić information content (AvgIpc) is 2.61. The summed E-state index contributed by atoms with van der Waals surface area (Å²) < 4.78 is 56.4. The van der Waals surface area contributed by atoms with Gasteiger partial charge in [-0.25, -0.2) is 13.3 Å². The van der Waals surface area contributed by atoms with E-state index in [2.05, 4.69) is 15.9 Å². The van der Waals surface area contributed by atoms with Gasteiger partial charge >= 0.3 is 11.9 Å². The number of esters is 1. The van der Waals surface area contributed by atoms with Gasteiger partial charge in [-0.15, -0.1) is 0 Å². The highest BCUT2D eigenvalue weighted by Gasteiger charge is 2.76. The zero-order valence-electron chi connectivity index (χ0n) is 16.6. The molecule has 1 aromatic rings. The number of alkyl halides is 3. The minimum absolute atomic E-state index is 0.175. The molecule has 3 atom stereocenters. The topological polar surface area (TPSA) is 55.8 Å². The van der Waals surface area contributed by atoms with E-state index in [4.69, 9.17) is 9.47 Å². The maximum absolute atomic E-state index is 15.9. The fourth-order valence-corrected chi connectivity index (χ4v) is 6.83. The SMILES string of the molecule is CCC[S@@](=O)N(C)[C@]1(C(F)(F)C(=O)OCC)C(Br)c2ccccc2OC1(C)C. The molecular weight excluding hydrogens is 456 g/mol. The van der Waals surface area contributed by atoms with Crippen LogP contribution >= 0.6 is 15.9 Å². The number of benzene rings is 1. The van der Waals surface area contributed by atoms with E-state index >= 15 is 8.78 Å². The Bertz CT molecular complexity index is 761. The standard InChI is InChI=1S/C19H26BrF2NO4S/c1-6-12-28(25)23(5)18(19(21,22)16(24)26-7-2)15(20)13-10-8-9-11-14(13)27-17(18,3)4/h8-11,15H,6-7,12H2,1-5H3/t15?,18-,28-/m1/s1. The Morgan fingerprint density at radius 2 is 1.96 bits per heavy atom. The Labute approximate surface area is 175 Å². The number of hydrogen-bond donors (Lipinski definition) is 0. The van der Waals surface area contributed by atoms with Gasteiger partial charge in [0.2, 0.25) is 0 Å². The fourth-order valence-electron chi connectivity index (χ4n) is 3.79. The number of halogens is 3. The van der Waals surface area contributed by atoms with E-state index in [9.17, 15) is 9.00 Å². The highest BCUT2D eigenvalue weighted by molar-refractivity contribution is 9.09. The second-order valence-corrected chi connectivity index (χ2v) is 9.61. The van der Waals surface area contributed by atoms with Crippen LogP contribution in [0.5, 0.6) is 5.75 Å². The predicted molar refractivity (Wildman–Crippen MR) is 108 cm³/mol. The van der Waals surface area contributed by atoms with Gasteiger partial charge < -0.3 is 9.47 Å². The van der Waals surface area contributed by atoms with Crippen LogP contribution in [-0.2, 0) is 20.5 Å². The van der Waals surface area contributed by atoms with Crippen molar-refractivity contribution in [2.24, 2.45) is 0 Å². The lowest BCUT2D eigenvalue weighted by Gasteiger charge is -2.57. The van der Waals surface area contributed by atoms with E-state index in [1.165, 1.54) is 27.8 Å². The van der Waals surface area contributed by atoms with Crippen molar-refractivity contribution in [3.05, 3.63) is 29.8 Å². The van der Waals surface area contributed by atoms with Gasteiger partial charge in [-0.3, -0.25) is 0 Å². The van der Waals surface area contributed by atoms with E-state index in [0.29, 0.717) is 17.7 Å². The van der Waals surface area contributed by atoms with Crippen molar-refractivity contribution in [1.29, 1.82) is 0 Å². The molecule has 0 fully saturated rings. The van der Waals surface area contributed by atoms with Gasteiger partial charge in [0.1, 0.15) is 11.4 Å². The molecule has 0 amide bonds. The zero-order valence-corrected chi connectivity index (χ0v) is 19.0. The molecule has 158 valence electrons. The number of carbonyl (C=O) groups excluding carboxylic acids is 1. The number of hydrogen-bond acceptors (Lipinski definition) is 4. The molecule has 0 bridgehead atoms. The lowest BCUT2D eigenvalue weighted by atomic mass is 9.70. The fraction of sp³-hybridized carbons (Fsp3) is 0.632. The molecule has 0 radical (unpaired) electrons. The molecule has 0 saturated heterocycles. The first-order chi connectivity index (χ1) is 13.0. The van der Waals surface area contributed by atoms with Gasteiger partial charge in [0, 0.05) is 18.4 Å². The minimum atomic E-state index is -4.02. The van der Waals surface area contributed by atoms with Crippen LogP contribution in [0.2, 0.25) is 0 Å². The monoisotopic (exact) mass is 481 g/mol. The van der Waals surface area contributed by atoms with Crippen molar-refractivity contribution in [3.63, 3.8) is 0 Å². The predicted octanol–water partition coefficient (Wildman–Crippen LogP) is 4.24. The molecule has 5 nitrogen and oxygen atoms in total. The van der Waals surface area contributed by atoms with Crippen molar-refractivity contribution in [3.8, 4) is 5.75 Å². The summed E-state index contributed by atoms with van der Waals surface area (Å²) >= 11 is 3.42. The number of para-hydroxylation sites is 1.